The summed E-state index contributed by atoms with van der Waals surface area (Å²) in [6, 6.07) is 21.1. The highest BCUT2D eigenvalue weighted by Gasteiger charge is 2.06. The second-order valence-electron chi connectivity index (χ2n) is 6.75. The molecule has 6 nitrogen and oxygen atoms in total. The minimum Gasteiger partial charge on any atom is -0.493 e. The highest BCUT2D eigenvalue weighted by Crippen LogP contribution is 2.28. The highest BCUT2D eigenvalue weighted by atomic mass is 35.5. The van der Waals surface area contributed by atoms with E-state index >= 15 is 0 Å². The molecule has 0 amide bonds. The lowest BCUT2D eigenvalue weighted by atomic mass is 10.2. The van der Waals surface area contributed by atoms with Crippen molar-refractivity contribution in [2.45, 2.75) is 6.42 Å². The number of hydrazone groups is 1. The van der Waals surface area contributed by atoms with Crippen molar-refractivity contribution in [1.82, 2.24) is 4.98 Å². The first-order valence-corrected chi connectivity index (χ1v) is 11.3. The Kier molecular flexibility index (Phi) is 7.42. The Morgan fingerprint density at radius 1 is 0.969 bits per heavy atom. The van der Waals surface area contributed by atoms with Crippen molar-refractivity contribution in [1.29, 1.82) is 0 Å². The third-order valence-corrected chi connectivity index (χ3v) is 5.75. The van der Waals surface area contributed by atoms with Gasteiger partial charge in [-0.2, -0.15) is 5.10 Å². The van der Waals surface area contributed by atoms with Gasteiger partial charge in [0, 0.05) is 6.42 Å². The van der Waals surface area contributed by atoms with Crippen molar-refractivity contribution in [3.63, 3.8) is 0 Å². The number of ether oxygens (including phenoxy) is 3. The zero-order valence-electron chi connectivity index (χ0n) is 17.5. The predicted molar refractivity (Wildman–Crippen MR) is 131 cm³/mol. The fraction of sp³-hybridized carbons (Fsp3) is 0.167. The zero-order valence-corrected chi connectivity index (χ0v) is 19.0. The number of hydrogen-bond donors (Lipinski definition) is 1. The Morgan fingerprint density at radius 3 is 2.56 bits per heavy atom. The van der Waals surface area contributed by atoms with Gasteiger partial charge in [0.1, 0.15) is 5.75 Å². The van der Waals surface area contributed by atoms with Crippen LogP contribution in [0, 0.1) is 0 Å². The number of benzene rings is 3. The van der Waals surface area contributed by atoms with Crippen LogP contribution in [0.3, 0.4) is 0 Å². The van der Waals surface area contributed by atoms with Gasteiger partial charge in [0.2, 0.25) is 5.13 Å². The molecule has 0 aliphatic carbocycles. The van der Waals surface area contributed by atoms with E-state index in [2.05, 4.69) is 15.5 Å². The Hall–Kier alpha value is -3.29. The molecule has 0 aliphatic rings. The van der Waals surface area contributed by atoms with Gasteiger partial charge in [0.15, 0.2) is 11.5 Å². The summed E-state index contributed by atoms with van der Waals surface area (Å²) in [4.78, 5) is 4.50. The summed E-state index contributed by atoms with van der Waals surface area (Å²) in [5.41, 5.74) is 4.82. The largest absolute Gasteiger partial charge is 0.493 e. The molecule has 8 heteroatoms. The molecule has 1 N–H and O–H groups in total. The van der Waals surface area contributed by atoms with Crippen molar-refractivity contribution in [3.8, 4) is 17.2 Å². The highest BCUT2D eigenvalue weighted by molar-refractivity contribution is 7.22. The lowest BCUT2D eigenvalue weighted by molar-refractivity contribution is 0.240. The number of aromatic nitrogens is 1. The fourth-order valence-corrected chi connectivity index (χ4v) is 3.96. The molecular formula is C24H22ClN3O3S. The molecule has 3 aromatic carbocycles. The number of nitrogens with one attached hydrogen (secondary N) is 1. The van der Waals surface area contributed by atoms with Gasteiger partial charge in [0.05, 0.1) is 41.8 Å². The van der Waals surface area contributed by atoms with Crippen LogP contribution in [-0.2, 0) is 0 Å². The van der Waals surface area contributed by atoms with Gasteiger partial charge < -0.3 is 14.2 Å². The van der Waals surface area contributed by atoms with Gasteiger partial charge in [-0.3, -0.25) is 5.43 Å². The molecule has 1 aromatic heterocycles. The van der Waals surface area contributed by atoms with Crippen LogP contribution in [0.4, 0.5) is 5.13 Å². The van der Waals surface area contributed by atoms with Crippen molar-refractivity contribution >= 4 is 44.5 Å². The first-order valence-electron chi connectivity index (χ1n) is 10.1. The van der Waals surface area contributed by atoms with Gasteiger partial charge in [-0.15, -0.1) is 0 Å². The maximum absolute atomic E-state index is 6.09. The molecule has 32 heavy (non-hydrogen) atoms. The van der Waals surface area contributed by atoms with E-state index in [0.717, 1.165) is 20.9 Å². The number of hydrogen-bond acceptors (Lipinski definition) is 7. The maximum Gasteiger partial charge on any atom is 0.204 e. The van der Waals surface area contributed by atoms with E-state index in [0.29, 0.717) is 41.9 Å². The summed E-state index contributed by atoms with van der Waals surface area (Å²) >= 11 is 7.64. The summed E-state index contributed by atoms with van der Waals surface area (Å²) in [7, 11) is 1.61. The molecule has 4 aromatic rings. The van der Waals surface area contributed by atoms with Gasteiger partial charge in [-0.25, -0.2) is 4.98 Å². The third-order valence-electron chi connectivity index (χ3n) is 4.50. The molecule has 4 rings (SSSR count). The number of rotatable bonds is 10. The molecule has 0 fully saturated rings. The number of fused-ring (bicyclic) bond motifs is 1. The van der Waals surface area contributed by atoms with E-state index in [1.54, 1.807) is 30.7 Å². The second kappa shape index (κ2) is 10.8. The number of halogens is 1. The van der Waals surface area contributed by atoms with Crippen LogP contribution >= 0.6 is 22.9 Å². The summed E-state index contributed by atoms with van der Waals surface area (Å²) < 4.78 is 18.1. The smallest absolute Gasteiger partial charge is 0.204 e. The number of anilines is 1. The second-order valence-corrected chi connectivity index (χ2v) is 8.19. The molecule has 0 aliphatic heterocycles. The van der Waals surface area contributed by atoms with Crippen LogP contribution in [0.15, 0.2) is 71.8 Å². The van der Waals surface area contributed by atoms with Crippen LogP contribution in [0.5, 0.6) is 17.2 Å². The number of methoxy groups -OCH3 is 1. The average molecular weight is 468 g/mol. The van der Waals surface area contributed by atoms with E-state index in [1.165, 1.54) is 0 Å². The van der Waals surface area contributed by atoms with Gasteiger partial charge in [-0.1, -0.05) is 47.2 Å². The minimum absolute atomic E-state index is 0.493. The van der Waals surface area contributed by atoms with Crippen LogP contribution < -0.4 is 19.6 Å². The zero-order chi connectivity index (χ0) is 22.2. The first kappa shape index (κ1) is 21.9. The van der Waals surface area contributed by atoms with Gasteiger partial charge in [-0.05, 0) is 48.0 Å². The van der Waals surface area contributed by atoms with E-state index in [-0.39, 0.29) is 0 Å². The van der Waals surface area contributed by atoms with E-state index in [4.69, 9.17) is 25.8 Å². The quantitative estimate of drug-likeness (QED) is 0.169. The Bertz CT molecular complexity index is 1180. The number of nitrogens with zero attached hydrogens (tertiary/aromatic N) is 2. The molecule has 0 bridgehead atoms. The third kappa shape index (κ3) is 5.69. The lowest BCUT2D eigenvalue weighted by Gasteiger charge is -2.12. The Labute approximate surface area is 195 Å². The topological polar surface area (TPSA) is 65.0 Å². The number of para-hydroxylation sites is 2. The molecule has 0 saturated carbocycles. The molecular weight excluding hydrogens is 446 g/mol. The van der Waals surface area contributed by atoms with E-state index < -0.39 is 0 Å². The van der Waals surface area contributed by atoms with Crippen molar-refractivity contribution in [2.75, 3.05) is 25.7 Å². The summed E-state index contributed by atoms with van der Waals surface area (Å²) in [5, 5.41) is 5.63. The average Bonchev–Trinajstić information content (AvgIpc) is 3.23. The normalized spacial score (nSPS) is 11.1. The molecule has 164 valence electrons. The Balaban J connectivity index is 1.28. The van der Waals surface area contributed by atoms with E-state index in [1.807, 2.05) is 60.7 Å². The SMILES string of the molecule is COc1cc(C=NNc2nc3ccccc3s2)ccc1OCCCOc1ccccc1Cl. The summed E-state index contributed by atoms with van der Waals surface area (Å²) in [5.74, 6) is 1.98. The Morgan fingerprint density at radius 2 is 1.75 bits per heavy atom. The molecule has 0 saturated heterocycles. The lowest BCUT2D eigenvalue weighted by Crippen LogP contribution is -2.06. The standard InChI is InChI=1S/C24H22ClN3O3S/c1-29-22-15-17(16-26-28-24-27-19-8-3-5-10-23(19)32-24)11-12-21(22)31-14-6-13-30-20-9-4-2-7-18(20)25/h2-5,7-12,15-16H,6,13-14H2,1H3,(H,27,28). The van der Waals surface area contributed by atoms with Crippen LogP contribution in [-0.4, -0.2) is 31.5 Å². The van der Waals surface area contributed by atoms with Crippen LogP contribution in [0.1, 0.15) is 12.0 Å². The molecule has 1 heterocycles. The molecule has 0 spiro atoms. The van der Waals surface area contributed by atoms with Crippen molar-refractivity contribution in [2.24, 2.45) is 5.10 Å². The van der Waals surface area contributed by atoms with Crippen LogP contribution in [0.25, 0.3) is 10.2 Å². The monoisotopic (exact) mass is 467 g/mol. The molecule has 0 atom stereocenters. The predicted octanol–water partition coefficient (Wildman–Crippen LogP) is 6.25. The first-order chi connectivity index (χ1) is 15.7. The molecule has 0 unspecified atom stereocenters. The summed E-state index contributed by atoms with van der Waals surface area (Å²) in [6.45, 7) is 1.00. The van der Waals surface area contributed by atoms with Crippen LogP contribution in [0.2, 0.25) is 5.02 Å². The fourth-order valence-electron chi connectivity index (χ4n) is 2.95. The molecule has 0 radical (unpaired) electrons. The van der Waals surface area contributed by atoms with Gasteiger partial charge in [0.25, 0.3) is 0 Å². The van der Waals surface area contributed by atoms with Crippen molar-refractivity contribution < 1.29 is 14.2 Å². The number of thiazole rings is 1. The van der Waals surface area contributed by atoms with Crippen molar-refractivity contribution in [3.05, 3.63) is 77.3 Å². The summed E-state index contributed by atoms with van der Waals surface area (Å²) in [6.07, 6.45) is 2.43. The van der Waals surface area contributed by atoms with E-state index in [9.17, 15) is 0 Å². The minimum atomic E-state index is 0.493. The van der Waals surface area contributed by atoms with Gasteiger partial charge >= 0.3 is 0 Å². The maximum atomic E-state index is 6.09.